The van der Waals surface area contributed by atoms with Crippen LogP contribution in [-0.2, 0) is 0 Å². The van der Waals surface area contributed by atoms with Crippen LogP contribution in [-0.4, -0.2) is 5.71 Å². The van der Waals surface area contributed by atoms with Crippen LogP contribution in [0.4, 0.5) is 0 Å². The summed E-state index contributed by atoms with van der Waals surface area (Å²) in [5.41, 5.74) is 2.27. The van der Waals surface area contributed by atoms with Crippen molar-refractivity contribution in [2.75, 3.05) is 0 Å². The topological polar surface area (TPSA) is 12.4 Å². The molecule has 1 nitrogen and oxygen atoms in total. The summed E-state index contributed by atoms with van der Waals surface area (Å²) in [7, 11) is 0. The average molecular weight is 109 g/mol. The lowest BCUT2D eigenvalue weighted by Crippen LogP contribution is -1.90. The van der Waals surface area contributed by atoms with Gasteiger partial charge in [-0.25, -0.2) is 0 Å². The van der Waals surface area contributed by atoms with E-state index in [0.29, 0.717) is 5.92 Å². The Morgan fingerprint density at radius 2 is 2.38 bits per heavy atom. The van der Waals surface area contributed by atoms with Crippen LogP contribution in [0.1, 0.15) is 20.3 Å². The van der Waals surface area contributed by atoms with Gasteiger partial charge in [0.05, 0.1) is 0 Å². The smallest absolute Gasteiger partial charge is 0.0363 e. The maximum atomic E-state index is 4.19. The predicted octanol–water partition coefficient (Wildman–Crippen LogP) is 2.00. The Kier molecular flexibility index (Phi) is 1.20. The molecule has 1 unspecified atom stereocenters. The van der Waals surface area contributed by atoms with Gasteiger partial charge in [0.15, 0.2) is 0 Å². The van der Waals surface area contributed by atoms with Gasteiger partial charge in [0.2, 0.25) is 0 Å². The molecular weight excluding hydrogens is 98.1 g/mol. The van der Waals surface area contributed by atoms with Gasteiger partial charge in [-0.2, -0.15) is 0 Å². The Balaban J connectivity index is 2.70. The van der Waals surface area contributed by atoms with Gasteiger partial charge in [0.1, 0.15) is 0 Å². The summed E-state index contributed by atoms with van der Waals surface area (Å²) < 4.78 is 0. The molecule has 1 heterocycles. The Morgan fingerprint density at radius 3 is 2.50 bits per heavy atom. The normalized spacial score (nSPS) is 28.5. The third kappa shape index (κ3) is 0.808. The van der Waals surface area contributed by atoms with Gasteiger partial charge < -0.3 is 0 Å². The molecule has 0 fully saturated rings. The fourth-order valence-electron chi connectivity index (χ4n) is 0.962. The molecule has 0 amide bonds. The van der Waals surface area contributed by atoms with Crippen molar-refractivity contribution in [3.63, 3.8) is 0 Å². The second-order valence-corrected chi connectivity index (χ2v) is 2.44. The van der Waals surface area contributed by atoms with E-state index in [4.69, 9.17) is 0 Å². The number of hydrogen-bond acceptors (Lipinski definition) is 1. The van der Waals surface area contributed by atoms with Crippen LogP contribution in [0, 0.1) is 5.92 Å². The van der Waals surface area contributed by atoms with Crippen LogP contribution in [0.3, 0.4) is 0 Å². The molecule has 0 N–H and O–H groups in total. The molecule has 0 aromatic carbocycles. The van der Waals surface area contributed by atoms with Crippen molar-refractivity contribution >= 4 is 5.71 Å². The van der Waals surface area contributed by atoms with E-state index in [0.717, 1.165) is 12.1 Å². The van der Waals surface area contributed by atoms with Gasteiger partial charge in [0, 0.05) is 17.3 Å². The van der Waals surface area contributed by atoms with Crippen molar-refractivity contribution in [3.05, 3.63) is 12.3 Å². The number of hydrogen-bond donors (Lipinski definition) is 0. The first-order chi connectivity index (χ1) is 3.70. The first kappa shape index (κ1) is 5.54. The van der Waals surface area contributed by atoms with E-state index in [2.05, 4.69) is 25.4 Å². The first-order valence-corrected chi connectivity index (χ1v) is 2.93. The van der Waals surface area contributed by atoms with Gasteiger partial charge in [0.25, 0.3) is 0 Å². The molecule has 44 valence electrons. The lowest BCUT2D eigenvalue weighted by atomic mass is 10.1. The molecule has 1 rings (SSSR count). The fraction of sp³-hybridized carbons (Fsp3) is 0.571. The van der Waals surface area contributed by atoms with E-state index >= 15 is 0 Å². The lowest BCUT2D eigenvalue weighted by molar-refractivity contribution is 0.747. The summed E-state index contributed by atoms with van der Waals surface area (Å²) in [6.45, 7) is 8.00. The van der Waals surface area contributed by atoms with Crippen molar-refractivity contribution in [2.45, 2.75) is 20.3 Å². The SMILES string of the molecule is C=C1N=C(C)CC1C. The molecule has 1 aliphatic heterocycles. The van der Waals surface area contributed by atoms with E-state index in [1.54, 1.807) is 0 Å². The third-order valence-corrected chi connectivity index (χ3v) is 1.50. The highest BCUT2D eigenvalue weighted by Gasteiger charge is 2.13. The first-order valence-electron chi connectivity index (χ1n) is 2.93. The highest BCUT2D eigenvalue weighted by atomic mass is 14.8. The van der Waals surface area contributed by atoms with Crippen molar-refractivity contribution in [2.24, 2.45) is 10.9 Å². The van der Waals surface area contributed by atoms with Crippen molar-refractivity contribution in [3.8, 4) is 0 Å². The Labute approximate surface area is 50.1 Å². The largest absolute Gasteiger partial charge is 0.263 e. The van der Waals surface area contributed by atoms with Crippen LogP contribution >= 0.6 is 0 Å². The molecular formula is C7H11N. The van der Waals surface area contributed by atoms with Crippen LogP contribution < -0.4 is 0 Å². The maximum Gasteiger partial charge on any atom is 0.0363 e. The lowest BCUT2D eigenvalue weighted by Gasteiger charge is -1.96. The zero-order valence-electron chi connectivity index (χ0n) is 5.44. The zero-order valence-corrected chi connectivity index (χ0v) is 5.44. The Bertz CT molecular complexity index is 144. The van der Waals surface area contributed by atoms with Gasteiger partial charge in [-0.3, -0.25) is 4.99 Å². The second kappa shape index (κ2) is 1.73. The Hall–Kier alpha value is -0.590. The summed E-state index contributed by atoms with van der Waals surface area (Å²) in [5.74, 6) is 0.593. The second-order valence-electron chi connectivity index (χ2n) is 2.44. The van der Waals surface area contributed by atoms with Crippen molar-refractivity contribution in [1.82, 2.24) is 0 Å². The molecule has 8 heavy (non-hydrogen) atoms. The molecule has 1 atom stereocenters. The molecule has 0 radical (unpaired) electrons. The maximum absolute atomic E-state index is 4.19. The average Bonchev–Trinajstić information content (AvgIpc) is 1.85. The minimum Gasteiger partial charge on any atom is -0.263 e. The van der Waals surface area contributed by atoms with Crippen molar-refractivity contribution < 1.29 is 0 Å². The van der Waals surface area contributed by atoms with Gasteiger partial charge in [-0.1, -0.05) is 13.5 Å². The summed E-state index contributed by atoms with van der Waals surface area (Å²) in [6.07, 6.45) is 1.11. The minimum absolute atomic E-state index is 0.593. The van der Waals surface area contributed by atoms with Gasteiger partial charge in [-0.15, -0.1) is 0 Å². The fourth-order valence-corrected chi connectivity index (χ4v) is 0.962. The molecule has 0 aromatic heterocycles. The van der Waals surface area contributed by atoms with Crippen molar-refractivity contribution in [1.29, 1.82) is 0 Å². The summed E-state index contributed by atoms with van der Waals surface area (Å²) in [4.78, 5) is 4.19. The molecule has 0 saturated carbocycles. The van der Waals surface area contributed by atoms with Gasteiger partial charge >= 0.3 is 0 Å². The molecule has 0 aromatic rings. The van der Waals surface area contributed by atoms with Crippen LogP contribution in [0.25, 0.3) is 0 Å². The van der Waals surface area contributed by atoms with E-state index in [1.165, 1.54) is 5.71 Å². The van der Waals surface area contributed by atoms with E-state index in [9.17, 15) is 0 Å². The number of rotatable bonds is 0. The molecule has 0 bridgehead atoms. The molecule has 1 aliphatic rings. The highest BCUT2D eigenvalue weighted by molar-refractivity contribution is 5.85. The third-order valence-electron chi connectivity index (χ3n) is 1.50. The van der Waals surface area contributed by atoms with E-state index in [-0.39, 0.29) is 0 Å². The zero-order chi connectivity index (χ0) is 6.15. The van der Waals surface area contributed by atoms with Crippen LogP contribution in [0.2, 0.25) is 0 Å². The van der Waals surface area contributed by atoms with Crippen LogP contribution in [0.15, 0.2) is 17.3 Å². The summed E-state index contributed by atoms with van der Waals surface area (Å²) >= 11 is 0. The summed E-state index contributed by atoms with van der Waals surface area (Å²) in [6, 6.07) is 0. The molecule has 0 aliphatic carbocycles. The standard InChI is InChI=1S/C7H11N/c1-5-4-6(2)8-7(5)3/h5H,3-4H2,1-2H3. The quantitative estimate of drug-likeness (QED) is 0.451. The number of allylic oxidation sites excluding steroid dienone is 1. The monoisotopic (exact) mass is 109 g/mol. The number of aliphatic imine (C=N–C) groups is 1. The minimum atomic E-state index is 0.593. The van der Waals surface area contributed by atoms with Gasteiger partial charge in [-0.05, 0) is 13.3 Å². The van der Waals surface area contributed by atoms with Crippen LogP contribution in [0.5, 0.6) is 0 Å². The molecule has 0 saturated heterocycles. The summed E-state index contributed by atoms with van der Waals surface area (Å²) in [5, 5.41) is 0. The van der Waals surface area contributed by atoms with E-state index < -0.39 is 0 Å². The molecule has 1 heteroatoms. The number of nitrogens with zero attached hydrogens (tertiary/aromatic N) is 1. The highest BCUT2D eigenvalue weighted by Crippen LogP contribution is 2.21. The molecule has 0 spiro atoms. The van der Waals surface area contributed by atoms with E-state index in [1.807, 2.05) is 0 Å². The predicted molar refractivity (Wildman–Crippen MR) is 36.0 cm³/mol. The Morgan fingerprint density at radius 1 is 1.75 bits per heavy atom.